The van der Waals surface area contributed by atoms with E-state index in [1.165, 1.54) is 36.7 Å². The zero-order chi connectivity index (χ0) is 20.6. The van der Waals surface area contributed by atoms with Crippen molar-refractivity contribution in [2.24, 2.45) is 5.92 Å². The molecule has 6 nitrogen and oxygen atoms in total. The van der Waals surface area contributed by atoms with Gasteiger partial charge in [0.1, 0.15) is 18.2 Å². The van der Waals surface area contributed by atoms with Crippen molar-refractivity contribution >= 4 is 22.6 Å². The van der Waals surface area contributed by atoms with Gasteiger partial charge in [0.15, 0.2) is 0 Å². The third-order valence-corrected chi connectivity index (χ3v) is 5.18. The van der Waals surface area contributed by atoms with E-state index in [2.05, 4.69) is 22.2 Å². The van der Waals surface area contributed by atoms with E-state index in [0.717, 1.165) is 5.92 Å². The number of para-hydroxylation sites is 1. The topological polar surface area (TPSA) is 76.9 Å². The highest BCUT2D eigenvalue weighted by Gasteiger charge is 2.11. The minimum Gasteiger partial charge on any atom is -0.309 e. The summed E-state index contributed by atoms with van der Waals surface area (Å²) in [6.45, 7) is 3.97. The maximum absolute atomic E-state index is 12.5. The number of carbonyl (C=O) groups excluding carboxylic acids is 1. The molecule has 1 aliphatic rings. The third kappa shape index (κ3) is 5.73. The van der Waals surface area contributed by atoms with Gasteiger partial charge in [0, 0.05) is 6.20 Å². The first-order valence-corrected chi connectivity index (χ1v) is 10.2. The fraction of sp³-hybridized carbons (Fsp3) is 0.391. The Balaban J connectivity index is 0.000000290. The number of nitrogens with zero attached hydrogens (tertiary/aromatic N) is 3. The lowest BCUT2D eigenvalue weighted by Gasteiger charge is -2.15. The Bertz CT molecular complexity index is 1010. The number of amides is 1. The van der Waals surface area contributed by atoms with Crippen LogP contribution in [0.25, 0.3) is 10.9 Å². The molecule has 2 aromatic heterocycles. The summed E-state index contributed by atoms with van der Waals surface area (Å²) >= 11 is 0. The average Bonchev–Trinajstić information content (AvgIpc) is 2.73. The lowest BCUT2D eigenvalue weighted by Crippen LogP contribution is -2.30. The van der Waals surface area contributed by atoms with Crippen LogP contribution in [0.4, 0.5) is 5.82 Å². The van der Waals surface area contributed by atoms with Gasteiger partial charge in [-0.2, -0.15) is 0 Å². The number of fused-ring (bicyclic) bond motifs is 1. The van der Waals surface area contributed by atoms with Crippen molar-refractivity contribution in [2.75, 3.05) is 5.32 Å². The van der Waals surface area contributed by atoms with Crippen LogP contribution in [0.1, 0.15) is 44.9 Å². The number of hydrogen-bond acceptors (Lipinski definition) is 4. The Hall–Kier alpha value is -3.02. The predicted molar refractivity (Wildman–Crippen MR) is 116 cm³/mol. The Morgan fingerprint density at radius 1 is 1.10 bits per heavy atom. The largest absolute Gasteiger partial charge is 0.309 e. The molecule has 1 aliphatic carbocycles. The number of nitrogens with one attached hydrogen (secondary N) is 1. The van der Waals surface area contributed by atoms with Crippen LogP contribution in [-0.4, -0.2) is 20.4 Å². The van der Waals surface area contributed by atoms with E-state index in [1.54, 1.807) is 49.5 Å². The molecule has 29 heavy (non-hydrogen) atoms. The van der Waals surface area contributed by atoms with Gasteiger partial charge in [0.2, 0.25) is 5.91 Å². The minimum atomic E-state index is -0.319. The summed E-state index contributed by atoms with van der Waals surface area (Å²) in [5.74, 6) is 1.67. The smallest absolute Gasteiger partial charge is 0.261 e. The number of rotatable bonds is 3. The SMILES string of the molecule is CC1CCCCC1.Cc1nc2ccccc2c(=O)n1CC(=O)Nc1ccccn1. The van der Waals surface area contributed by atoms with Crippen LogP contribution in [0.2, 0.25) is 0 Å². The Labute approximate surface area is 171 Å². The quantitative estimate of drug-likeness (QED) is 0.720. The van der Waals surface area contributed by atoms with E-state index < -0.39 is 0 Å². The molecule has 3 aromatic rings. The lowest BCUT2D eigenvalue weighted by molar-refractivity contribution is -0.116. The van der Waals surface area contributed by atoms with E-state index in [9.17, 15) is 9.59 Å². The van der Waals surface area contributed by atoms with E-state index >= 15 is 0 Å². The first-order chi connectivity index (χ1) is 14.0. The van der Waals surface area contributed by atoms with E-state index in [4.69, 9.17) is 0 Å². The van der Waals surface area contributed by atoms with Gasteiger partial charge in [-0.25, -0.2) is 9.97 Å². The van der Waals surface area contributed by atoms with Crippen molar-refractivity contribution in [3.05, 3.63) is 64.8 Å². The Morgan fingerprint density at radius 2 is 1.83 bits per heavy atom. The van der Waals surface area contributed by atoms with Gasteiger partial charge < -0.3 is 5.32 Å². The van der Waals surface area contributed by atoms with Crippen molar-refractivity contribution in [2.45, 2.75) is 52.5 Å². The van der Waals surface area contributed by atoms with Gasteiger partial charge in [-0.3, -0.25) is 14.2 Å². The molecule has 152 valence electrons. The van der Waals surface area contributed by atoms with Gasteiger partial charge in [-0.15, -0.1) is 0 Å². The maximum atomic E-state index is 12.5. The zero-order valence-corrected chi connectivity index (χ0v) is 17.1. The molecule has 2 heterocycles. The normalized spacial score (nSPS) is 14.1. The number of aryl methyl sites for hydroxylation is 1. The number of aromatic nitrogens is 3. The maximum Gasteiger partial charge on any atom is 0.261 e. The van der Waals surface area contributed by atoms with Gasteiger partial charge >= 0.3 is 0 Å². The molecule has 0 radical (unpaired) electrons. The van der Waals surface area contributed by atoms with Crippen LogP contribution in [0.5, 0.6) is 0 Å². The summed E-state index contributed by atoms with van der Waals surface area (Å²) in [6.07, 6.45) is 9.03. The van der Waals surface area contributed by atoms with Crippen LogP contribution in [-0.2, 0) is 11.3 Å². The standard InChI is InChI=1S/C16H14N4O2.C7H14/c1-11-18-13-7-3-2-6-12(13)16(22)20(11)10-15(21)19-14-8-4-5-9-17-14;1-7-5-3-2-4-6-7/h2-9H,10H2,1H3,(H,17,19,21);7H,2-6H2,1H3. The number of hydrogen-bond donors (Lipinski definition) is 1. The van der Waals surface area contributed by atoms with Crippen molar-refractivity contribution in [1.82, 2.24) is 14.5 Å². The minimum absolute atomic E-state index is 0.0981. The summed E-state index contributed by atoms with van der Waals surface area (Å²) in [4.78, 5) is 32.9. The zero-order valence-electron chi connectivity index (χ0n) is 17.1. The molecule has 0 unspecified atom stereocenters. The van der Waals surface area contributed by atoms with Crippen LogP contribution in [0.15, 0.2) is 53.5 Å². The van der Waals surface area contributed by atoms with Gasteiger partial charge in [-0.05, 0) is 37.1 Å². The molecule has 0 spiro atoms. The number of benzene rings is 1. The average molecular weight is 393 g/mol. The predicted octanol–water partition coefficient (Wildman–Crippen LogP) is 4.33. The van der Waals surface area contributed by atoms with E-state index in [0.29, 0.717) is 22.5 Å². The van der Waals surface area contributed by atoms with Gasteiger partial charge in [0.25, 0.3) is 5.56 Å². The molecular formula is C23H28N4O2. The second kappa shape index (κ2) is 9.96. The second-order valence-corrected chi connectivity index (χ2v) is 7.57. The van der Waals surface area contributed by atoms with Crippen LogP contribution < -0.4 is 10.9 Å². The molecule has 1 saturated carbocycles. The molecule has 1 aromatic carbocycles. The molecule has 0 atom stereocenters. The molecule has 4 rings (SSSR count). The number of anilines is 1. The molecule has 1 fully saturated rings. The summed E-state index contributed by atoms with van der Waals surface area (Å²) < 4.78 is 1.36. The molecule has 6 heteroatoms. The monoisotopic (exact) mass is 392 g/mol. The van der Waals surface area contributed by atoms with Crippen molar-refractivity contribution in [3.63, 3.8) is 0 Å². The number of pyridine rings is 1. The van der Waals surface area contributed by atoms with Gasteiger partial charge in [0.05, 0.1) is 10.9 Å². The molecule has 0 aliphatic heterocycles. The fourth-order valence-electron chi connectivity index (χ4n) is 3.53. The molecule has 0 bridgehead atoms. The summed E-state index contributed by atoms with van der Waals surface area (Å²) in [7, 11) is 0. The van der Waals surface area contributed by atoms with Crippen molar-refractivity contribution in [1.29, 1.82) is 0 Å². The highest BCUT2D eigenvalue weighted by atomic mass is 16.2. The molecule has 1 amide bonds. The highest BCUT2D eigenvalue weighted by Crippen LogP contribution is 2.22. The van der Waals surface area contributed by atoms with Crippen LogP contribution in [0.3, 0.4) is 0 Å². The molecular weight excluding hydrogens is 364 g/mol. The number of carbonyl (C=O) groups is 1. The first-order valence-electron chi connectivity index (χ1n) is 10.2. The fourth-order valence-corrected chi connectivity index (χ4v) is 3.53. The summed E-state index contributed by atoms with van der Waals surface area (Å²) in [5.41, 5.74) is 0.408. The van der Waals surface area contributed by atoms with Crippen LogP contribution >= 0.6 is 0 Å². The highest BCUT2D eigenvalue weighted by molar-refractivity contribution is 5.89. The van der Waals surface area contributed by atoms with E-state index in [-0.39, 0.29) is 18.0 Å². The third-order valence-electron chi connectivity index (χ3n) is 5.18. The van der Waals surface area contributed by atoms with E-state index in [1.807, 2.05) is 6.07 Å². The van der Waals surface area contributed by atoms with Gasteiger partial charge in [-0.1, -0.05) is 57.2 Å². The summed E-state index contributed by atoms with van der Waals surface area (Å²) in [6, 6.07) is 12.3. The first kappa shape index (κ1) is 20.7. The second-order valence-electron chi connectivity index (χ2n) is 7.57. The molecule has 0 saturated heterocycles. The lowest BCUT2D eigenvalue weighted by atomic mass is 9.91. The Morgan fingerprint density at radius 3 is 2.48 bits per heavy atom. The Kier molecular flexibility index (Phi) is 7.11. The molecule has 1 N–H and O–H groups in total. The van der Waals surface area contributed by atoms with Crippen molar-refractivity contribution in [3.8, 4) is 0 Å². The summed E-state index contributed by atoms with van der Waals surface area (Å²) in [5, 5.41) is 3.15. The van der Waals surface area contributed by atoms with Crippen LogP contribution in [0, 0.1) is 12.8 Å². The van der Waals surface area contributed by atoms with Crippen molar-refractivity contribution < 1.29 is 4.79 Å².